The maximum Gasteiger partial charge on any atom is 0.245 e. The lowest BCUT2D eigenvalue weighted by Gasteiger charge is -2.29. The van der Waals surface area contributed by atoms with Crippen LogP contribution in [-0.4, -0.2) is 122 Å². The fourth-order valence-electron chi connectivity index (χ4n) is 5.75. The first-order valence-electron chi connectivity index (χ1n) is 19.1. The summed E-state index contributed by atoms with van der Waals surface area (Å²) in [5, 5.41) is 34.8. The number of hydrogen-bond donors (Lipinski definition) is 13. The minimum absolute atomic E-state index is 0.0218. The summed E-state index contributed by atoms with van der Waals surface area (Å²) in [5.41, 5.74) is 22.8. The van der Waals surface area contributed by atoms with E-state index in [4.69, 9.17) is 22.9 Å². The number of aliphatic hydroxyl groups excluding tert-OH is 1. The van der Waals surface area contributed by atoms with E-state index in [0.29, 0.717) is 17.7 Å². The van der Waals surface area contributed by atoms with Crippen LogP contribution in [0.1, 0.15) is 64.6 Å². The number of aliphatic imine (C=N–C) groups is 1. The minimum atomic E-state index is -1.72. The number of nitrogens with zero attached hydrogens (tertiary/aromatic N) is 2. The molecular weight excluding hydrogens is 786 g/mol. The normalized spacial score (nSPS) is 14.9. The summed E-state index contributed by atoms with van der Waals surface area (Å²) in [5.74, 6) is -8.00. The third-order valence-electron chi connectivity index (χ3n) is 9.18. The number of aromatic amines is 1. The van der Waals surface area contributed by atoms with E-state index in [1.807, 2.05) is 0 Å². The average molecular weight is 844 g/mol. The van der Waals surface area contributed by atoms with Gasteiger partial charge in [-0.1, -0.05) is 32.4 Å². The quantitative estimate of drug-likeness (QED) is 0.0256. The van der Waals surface area contributed by atoms with Crippen LogP contribution in [0.5, 0.6) is 5.75 Å². The molecule has 0 saturated carbocycles. The number of phenolic OH excluding ortho intramolecular Hbond substituents is 1. The molecule has 1 aromatic carbocycles. The first kappa shape index (κ1) is 49.4. The van der Waals surface area contributed by atoms with Crippen molar-refractivity contribution in [2.24, 2.45) is 33.8 Å². The van der Waals surface area contributed by atoms with Crippen LogP contribution in [0.3, 0.4) is 0 Å². The first-order valence-corrected chi connectivity index (χ1v) is 19.1. The SMILES string of the molecule is CC[C@H](C)[C@H](NC(=O)[C@H](Cc1ccc(O)cc1)NC(=O)[C@H](CC(N)=O)NC(=O)[C@H](CCCN=C(N)N)NC(=O)[C@@H](NC(C)=O)[C@@H](C)O)C(=O)N[C@@H](Cc1cnc[nH]1)C(N)=O. The second-order valence-electron chi connectivity index (χ2n) is 14.2. The highest BCUT2D eigenvalue weighted by Crippen LogP contribution is 2.14. The van der Waals surface area contributed by atoms with E-state index < -0.39 is 102 Å². The van der Waals surface area contributed by atoms with Crippen molar-refractivity contribution in [1.29, 1.82) is 0 Å². The summed E-state index contributed by atoms with van der Waals surface area (Å²) in [6, 6.07) is -2.91. The Bertz CT molecular complexity index is 1820. The van der Waals surface area contributed by atoms with E-state index in [1.165, 1.54) is 43.7 Å². The van der Waals surface area contributed by atoms with Crippen LogP contribution in [0.15, 0.2) is 41.8 Å². The number of aliphatic hydroxyl groups is 1. The smallest absolute Gasteiger partial charge is 0.245 e. The number of aromatic nitrogens is 2. The molecule has 0 fully saturated rings. The summed E-state index contributed by atoms with van der Waals surface area (Å²) in [7, 11) is 0. The number of nitrogens with one attached hydrogen (secondary N) is 7. The largest absolute Gasteiger partial charge is 0.508 e. The standard InChI is InChI=1S/C37H57N13O10/c1-5-18(2)29(35(59)47-25(31(39)55)14-22-16-42-17-44-22)50-34(58)26(13-21-8-10-23(53)11-9-21)48-33(57)27(15-28(38)54)49-32(56)24(7-6-12-43-37(40)41)46-36(60)30(19(3)51)45-20(4)52/h8-11,16-19,24-27,29-30,51,53H,5-7,12-15H2,1-4H3,(H2,38,54)(H2,39,55)(H,42,44)(H,45,52)(H,46,60)(H,47,59)(H,48,57)(H,49,56)(H,50,58)(H4,40,41,43)/t18-,19+,24-,25-,26-,27-,29-,30-/m0/s1. The van der Waals surface area contributed by atoms with E-state index in [1.54, 1.807) is 13.8 Å². The molecule has 23 heteroatoms. The fraction of sp³-hybridized carbons (Fsp3) is 0.514. The van der Waals surface area contributed by atoms with Gasteiger partial charge in [-0.2, -0.15) is 0 Å². The number of benzene rings is 1. The molecule has 2 rings (SSSR count). The maximum absolute atomic E-state index is 14.1. The number of guanidine groups is 1. The van der Waals surface area contributed by atoms with Gasteiger partial charge in [0.25, 0.3) is 0 Å². The Labute approximate surface area is 346 Å². The number of aromatic hydroxyl groups is 1. The zero-order valence-electron chi connectivity index (χ0n) is 33.9. The molecule has 0 unspecified atom stereocenters. The van der Waals surface area contributed by atoms with Gasteiger partial charge < -0.3 is 70.0 Å². The molecule has 0 aliphatic rings. The highest BCUT2D eigenvalue weighted by Gasteiger charge is 2.35. The number of carbonyl (C=O) groups is 8. The van der Waals surface area contributed by atoms with Crippen molar-refractivity contribution in [3.05, 3.63) is 48.0 Å². The van der Waals surface area contributed by atoms with Gasteiger partial charge >= 0.3 is 0 Å². The number of amides is 8. The summed E-state index contributed by atoms with van der Waals surface area (Å²) in [4.78, 5) is 115. The van der Waals surface area contributed by atoms with Gasteiger partial charge in [0.05, 0.1) is 18.9 Å². The summed E-state index contributed by atoms with van der Waals surface area (Å²) in [6.07, 6.45) is 0.804. The summed E-state index contributed by atoms with van der Waals surface area (Å²) >= 11 is 0. The number of H-pyrrole nitrogens is 1. The summed E-state index contributed by atoms with van der Waals surface area (Å²) in [6.45, 7) is 5.82. The van der Waals surface area contributed by atoms with Crippen LogP contribution >= 0.6 is 0 Å². The van der Waals surface area contributed by atoms with E-state index >= 15 is 0 Å². The zero-order valence-corrected chi connectivity index (χ0v) is 33.9. The number of carbonyl (C=O) groups excluding carboxylic acids is 8. The number of imidazole rings is 1. The Kier molecular flexibility index (Phi) is 19.9. The van der Waals surface area contributed by atoms with E-state index in [9.17, 15) is 48.6 Å². The van der Waals surface area contributed by atoms with Gasteiger partial charge in [0.2, 0.25) is 47.3 Å². The van der Waals surface area contributed by atoms with E-state index in [-0.39, 0.29) is 43.9 Å². The number of rotatable bonds is 25. The lowest BCUT2D eigenvalue weighted by molar-refractivity contribution is -0.137. The molecule has 0 saturated heterocycles. The second kappa shape index (κ2) is 24.2. The Morgan fingerprint density at radius 2 is 1.32 bits per heavy atom. The van der Waals surface area contributed by atoms with Crippen LogP contribution in [-0.2, 0) is 51.2 Å². The predicted octanol–water partition coefficient (Wildman–Crippen LogP) is -4.33. The molecular formula is C37H57N13O10. The van der Waals surface area contributed by atoms with Gasteiger partial charge in [-0.25, -0.2) is 4.98 Å². The maximum atomic E-state index is 14.1. The van der Waals surface area contributed by atoms with Gasteiger partial charge in [-0.15, -0.1) is 0 Å². The molecule has 23 nitrogen and oxygen atoms in total. The highest BCUT2D eigenvalue weighted by atomic mass is 16.3. The van der Waals surface area contributed by atoms with Crippen molar-refractivity contribution < 1.29 is 48.6 Å². The molecule has 2 aromatic rings. The van der Waals surface area contributed by atoms with Crippen LogP contribution in [0.25, 0.3) is 0 Å². The molecule has 0 aliphatic heterocycles. The molecule has 0 radical (unpaired) electrons. The molecule has 17 N–H and O–H groups in total. The monoisotopic (exact) mass is 843 g/mol. The molecule has 1 aromatic heterocycles. The van der Waals surface area contributed by atoms with Crippen molar-refractivity contribution in [2.45, 2.75) is 109 Å². The lowest BCUT2D eigenvalue weighted by atomic mass is 9.96. The average Bonchev–Trinajstić information content (AvgIpc) is 3.69. The topological polar surface area (TPSA) is 394 Å². The van der Waals surface area contributed by atoms with Gasteiger partial charge in [-0.05, 0) is 43.4 Å². The van der Waals surface area contributed by atoms with Gasteiger partial charge in [0, 0.05) is 38.2 Å². The van der Waals surface area contributed by atoms with Crippen molar-refractivity contribution in [3.63, 3.8) is 0 Å². The third-order valence-corrected chi connectivity index (χ3v) is 9.18. The van der Waals surface area contributed by atoms with Crippen LogP contribution < -0.4 is 54.8 Å². The van der Waals surface area contributed by atoms with E-state index in [0.717, 1.165) is 6.92 Å². The predicted molar refractivity (Wildman–Crippen MR) is 215 cm³/mol. The Morgan fingerprint density at radius 3 is 1.85 bits per heavy atom. The zero-order chi connectivity index (χ0) is 45.1. The number of primary amides is 2. The third kappa shape index (κ3) is 17.0. The van der Waals surface area contributed by atoms with Crippen LogP contribution in [0.2, 0.25) is 0 Å². The van der Waals surface area contributed by atoms with Crippen molar-refractivity contribution >= 4 is 53.2 Å². The highest BCUT2D eigenvalue weighted by molar-refractivity contribution is 5.98. The van der Waals surface area contributed by atoms with Crippen LogP contribution in [0.4, 0.5) is 0 Å². The number of hydrogen-bond acceptors (Lipinski definition) is 12. The molecule has 8 atom stereocenters. The molecule has 60 heavy (non-hydrogen) atoms. The molecule has 330 valence electrons. The Hall–Kier alpha value is -6.78. The van der Waals surface area contributed by atoms with Gasteiger partial charge in [0.1, 0.15) is 42.0 Å². The molecule has 0 spiro atoms. The minimum Gasteiger partial charge on any atom is -0.508 e. The number of nitrogens with two attached hydrogens (primary N) is 4. The lowest BCUT2D eigenvalue weighted by Crippen LogP contribution is -2.61. The Balaban J connectivity index is 2.44. The van der Waals surface area contributed by atoms with Crippen LogP contribution in [0, 0.1) is 5.92 Å². The summed E-state index contributed by atoms with van der Waals surface area (Å²) < 4.78 is 0. The molecule has 0 bridgehead atoms. The molecule has 8 amide bonds. The fourth-order valence-corrected chi connectivity index (χ4v) is 5.75. The van der Waals surface area contributed by atoms with Gasteiger partial charge in [-0.3, -0.25) is 43.3 Å². The Morgan fingerprint density at radius 1 is 0.750 bits per heavy atom. The van der Waals surface area contributed by atoms with E-state index in [2.05, 4.69) is 46.9 Å². The van der Waals surface area contributed by atoms with Crippen molar-refractivity contribution in [2.75, 3.05) is 6.54 Å². The second-order valence-corrected chi connectivity index (χ2v) is 14.2. The molecule has 0 aliphatic carbocycles. The van der Waals surface area contributed by atoms with Crippen molar-refractivity contribution in [1.82, 2.24) is 41.9 Å². The molecule has 1 heterocycles. The van der Waals surface area contributed by atoms with Gasteiger partial charge in [0.15, 0.2) is 5.96 Å². The first-order chi connectivity index (χ1) is 28.2. The van der Waals surface area contributed by atoms with Crippen molar-refractivity contribution in [3.8, 4) is 5.75 Å². The number of phenols is 1.